The topological polar surface area (TPSA) is 51.0 Å². The molecule has 0 aliphatic carbocycles. The molecule has 1 fully saturated rings. The third kappa shape index (κ3) is 2.84. The highest BCUT2D eigenvalue weighted by molar-refractivity contribution is 5.83. The largest absolute Gasteiger partial charge is 0.335 e. The molecule has 0 bridgehead atoms. The molecule has 3 heterocycles. The van der Waals surface area contributed by atoms with Gasteiger partial charge in [-0.25, -0.2) is 13.2 Å². The highest BCUT2D eigenvalue weighted by Gasteiger charge is 2.30. The summed E-state index contributed by atoms with van der Waals surface area (Å²) in [6.45, 7) is 0.151. The van der Waals surface area contributed by atoms with E-state index in [-0.39, 0.29) is 31.1 Å². The maximum Gasteiger partial charge on any atom is 0.244 e. The second-order valence-electron chi connectivity index (χ2n) is 5.95. The minimum Gasteiger partial charge on any atom is -0.335 e. The number of hydrogen-bond donors (Lipinski definition) is 0. The maximum atomic E-state index is 14.0. The van der Waals surface area contributed by atoms with Crippen molar-refractivity contribution < 1.29 is 18.0 Å². The summed E-state index contributed by atoms with van der Waals surface area (Å²) in [4.78, 5) is 17.7. The molecular formula is C17H13F3N4O. The van der Waals surface area contributed by atoms with Crippen molar-refractivity contribution in [3.8, 4) is 11.1 Å². The Labute approximate surface area is 140 Å². The molecule has 1 aliphatic rings. The van der Waals surface area contributed by atoms with E-state index in [9.17, 15) is 18.0 Å². The number of fused-ring (bicyclic) bond motifs is 1. The number of likely N-dealkylation sites (tertiary alicyclic amines) is 1. The van der Waals surface area contributed by atoms with Crippen LogP contribution in [0.15, 0.2) is 36.7 Å². The van der Waals surface area contributed by atoms with Crippen LogP contribution in [0.25, 0.3) is 22.2 Å². The molecule has 4 rings (SSSR count). The summed E-state index contributed by atoms with van der Waals surface area (Å²) in [5.41, 5.74) is 1.75. The van der Waals surface area contributed by atoms with Crippen molar-refractivity contribution in [1.82, 2.24) is 19.7 Å². The third-order valence-corrected chi connectivity index (χ3v) is 4.21. The van der Waals surface area contributed by atoms with Gasteiger partial charge >= 0.3 is 0 Å². The Morgan fingerprint density at radius 2 is 2.00 bits per heavy atom. The van der Waals surface area contributed by atoms with Gasteiger partial charge in [0.25, 0.3) is 0 Å². The summed E-state index contributed by atoms with van der Waals surface area (Å²) in [5.74, 6) is -1.60. The summed E-state index contributed by atoms with van der Waals surface area (Å²) < 4.78 is 41.4. The standard InChI is InChI=1S/C17H13F3N4O/c18-11-1-2-13(14(20)4-11)10-3-16-15(21-5-10)6-22-24(16)9-17(25)23-7-12(19)8-23/h1-6,12H,7-9H2. The number of benzene rings is 1. The lowest BCUT2D eigenvalue weighted by molar-refractivity contribution is -0.139. The zero-order valence-electron chi connectivity index (χ0n) is 13.0. The number of carbonyl (C=O) groups excluding carboxylic acids is 1. The van der Waals surface area contributed by atoms with Crippen molar-refractivity contribution >= 4 is 16.9 Å². The molecule has 1 aliphatic heterocycles. The van der Waals surface area contributed by atoms with Crippen LogP contribution >= 0.6 is 0 Å². The summed E-state index contributed by atoms with van der Waals surface area (Å²) in [6.07, 6.45) is 2.00. The van der Waals surface area contributed by atoms with Crippen LogP contribution in [0, 0.1) is 11.6 Å². The van der Waals surface area contributed by atoms with E-state index in [1.54, 1.807) is 6.07 Å². The molecule has 0 radical (unpaired) electrons. The third-order valence-electron chi connectivity index (χ3n) is 4.21. The number of rotatable bonds is 3. The second-order valence-corrected chi connectivity index (χ2v) is 5.95. The first-order chi connectivity index (χ1) is 12.0. The maximum absolute atomic E-state index is 14.0. The number of halogens is 3. The monoisotopic (exact) mass is 346 g/mol. The number of nitrogens with zero attached hydrogens (tertiary/aromatic N) is 4. The van der Waals surface area contributed by atoms with Gasteiger partial charge in [0.15, 0.2) is 0 Å². The van der Waals surface area contributed by atoms with Crippen molar-refractivity contribution in [2.75, 3.05) is 13.1 Å². The zero-order chi connectivity index (χ0) is 17.6. The predicted molar refractivity (Wildman–Crippen MR) is 84.4 cm³/mol. The molecule has 0 N–H and O–H groups in total. The first-order valence-electron chi connectivity index (χ1n) is 7.70. The van der Waals surface area contributed by atoms with Crippen molar-refractivity contribution in [2.45, 2.75) is 12.7 Å². The van der Waals surface area contributed by atoms with E-state index in [1.807, 2.05) is 0 Å². The summed E-state index contributed by atoms with van der Waals surface area (Å²) >= 11 is 0. The molecule has 0 unspecified atom stereocenters. The second kappa shape index (κ2) is 5.87. The number of pyridine rings is 1. The van der Waals surface area contributed by atoms with Crippen LogP contribution in [0.3, 0.4) is 0 Å². The highest BCUT2D eigenvalue weighted by atomic mass is 19.1. The van der Waals surface area contributed by atoms with Crippen LogP contribution in [-0.2, 0) is 11.3 Å². The lowest BCUT2D eigenvalue weighted by atomic mass is 10.1. The van der Waals surface area contributed by atoms with E-state index >= 15 is 0 Å². The minimum absolute atomic E-state index is 0.0484. The van der Waals surface area contributed by atoms with Crippen molar-refractivity contribution in [1.29, 1.82) is 0 Å². The first kappa shape index (κ1) is 15.6. The van der Waals surface area contributed by atoms with Crippen LogP contribution in [0.5, 0.6) is 0 Å². The fraction of sp³-hybridized carbons (Fsp3) is 0.235. The Hall–Kier alpha value is -2.90. The van der Waals surface area contributed by atoms with Crippen LogP contribution in [-0.4, -0.2) is 44.8 Å². The van der Waals surface area contributed by atoms with Gasteiger partial charge in [-0.2, -0.15) is 5.10 Å². The Morgan fingerprint density at radius 1 is 1.20 bits per heavy atom. The van der Waals surface area contributed by atoms with Crippen molar-refractivity contribution in [3.05, 3.63) is 48.3 Å². The summed E-state index contributed by atoms with van der Waals surface area (Å²) in [5, 5.41) is 4.13. The number of carbonyl (C=O) groups is 1. The lowest BCUT2D eigenvalue weighted by Gasteiger charge is -2.34. The molecule has 25 heavy (non-hydrogen) atoms. The molecule has 8 heteroatoms. The van der Waals surface area contributed by atoms with Gasteiger partial charge in [-0.3, -0.25) is 14.5 Å². The molecule has 2 aromatic heterocycles. The molecule has 1 amide bonds. The van der Waals surface area contributed by atoms with Gasteiger partial charge in [0, 0.05) is 23.4 Å². The molecule has 0 saturated carbocycles. The number of hydrogen-bond acceptors (Lipinski definition) is 3. The van der Waals surface area contributed by atoms with Crippen LogP contribution in [0.4, 0.5) is 13.2 Å². The fourth-order valence-electron chi connectivity index (χ4n) is 2.81. The van der Waals surface area contributed by atoms with Gasteiger partial charge in [0.2, 0.25) is 5.91 Å². The van der Waals surface area contributed by atoms with E-state index < -0.39 is 17.8 Å². The van der Waals surface area contributed by atoms with Crippen LogP contribution in [0.2, 0.25) is 0 Å². The molecule has 1 saturated heterocycles. The highest BCUT2D eigenvalue weighted by Crippen LogP contribution is 2.26. The Morgan fingerprint density at radius 3 is 2.72 bits per heavy atom. The minimum atomic E-state index is -0.965. The van der Waals surface area contributed by atoms with Gasteiger partial charge < -0.3 is 4.90 Å². The first-order valence-corrected chi connectivity index (χ1v) is 7.70. The van der Waals surface area contributed by atoms with Gasteiger partial charge in [-0.05, 0) is 18.2 Å². The Kier molecular flexibility index (Phi) is 3.67. The SMILES string of the molecule is O=C(Cn1ncc2ncc(-c3ccc(F)cc3F)cc21)N1CC(F)C1. The van der Waals surface area contributed by atoms with E-state index in [1.165, 1.54) is 34.1 Å². The smallest absolute Gasteiger partial charge is 0.244 e. The van der Waals surface area contributed by atoms with Crippen molar-refractivity contribution in [3.63, 3.8) is 0 Å². The molecular weight excluding hydrogens is 333 g/mol. The number of alkyl halides is 1. The predicted octanol–water partition coefficient (Wildman–Crippen LogP) is 2.56. The molecule has 128 valence electrons. The van der Waals surface area contributed by atoms with E-state index in [4.69, 9.17) is 0 Å². The zero-order valence-corrected chi connectivity index (χ0v) is 13.0. The van der Waals surface area contributed by atoms with Gasteiger partial charge in [0.05, 0.1) is 24.8 Å². The van der Waals surface area contributed by atoms with Crippen LogP contribution in [0.1, 0.15) is 0 Å². The lowest BCUT2D eigenvalue weighted by Crippen LogP contribution is -2.52. The summed E-state index contributed by atoms with van der Waals surface area (Å²) in [7, 11) is 0. The molecule has 5 nitrogen and oxygen atoms in total. The van der Waals surface area contributed by atoms with Gasteiger partial charge in [-0.1, -0.05) is 0 Å². The van der Waals surface area contributed by atoms with Crippen LogP contribution < -0.4 is 0 Å². The fourth-order valence-corrected chi connectivity index (χ4v) is 2.81. The quantitative estimate of drug-likeness (QED) is 0.732. The summed E-state index contributed by atoms with van der Waals surface area (Å²) in [6, 6.07) is 4.95. The molecule has 1 aromatic carbocycles. The molecule has 0 spiro atoms. The average Bonchev–Trinajstić information content (AvgIpc) is 2.94. The van der Waals surface area contributed by atoms with E-state index in [2.05, 4.69) is 10.1 Å². The Bertz CT molecular complexity index is 966. The number of aromatic nitrogens is 3. The molecule has 0 atom stereocenters. The normalized spacial score (nSPS) is 14.8. The van der Waals surface area contributed by atoms with Gasteiger partial charge in [-0.15, -0.1) is 0 Å². The van der Waals surface area contributed by atoms with Crippen molar-refractivity contribution in [2.24, 2.45) is 0 Å². The Balaban J connectivity index is 1.66. The average molecular weight is 346 g/mol. The van der Waals surface area contributed by atoms with Gasteiger partial charge in [0.1, 0.15) is 29.9 Å². The van der Waals surface area contributed by atoms with E-state index in [0.29, 0.717) is 16.6 Å². The molecule has 3 aromatic rings. The van der Waals surface area contributed by atoms with E-state index in [0.717, 1.165) is 6.07 Å². The number of amides is 1.